The predicted octanol–water partition coefficient (Wildman–Crippen LogP) is 1.63. The number of aromatic nitrogens is 1. The van der Waals surface area contributed by atoms with Gasteiger partial charge in [-0.3, -0.25) is 4.79 Å². The van der Waals surface area contributed by atoms with Crippen LogP contribution in [0.25, 0.3) is 10.8 Å². The summed E-state index contributed by atoms with van der Waals surface area (Å²) in [5, 5.41) is 1.82. The zero-order chi connectivity index (χ0) is 9.26. The molecule has 0 aliphatic rings. The van der Waals surface area contributed by atoms with E-state index in [2.05, 4.69) is 4.98 Å². The van der Waals surface area contributed by atoms with E-state index in [-0.39, 0.29) is 0 Å². The minimum Gasteiger partial charge on any atom is -0.383 e. The number of aldehydes is 1. The van der Waals surface area contributed by atoms with Crippen LogP contribution >= 0.6 is 0 Å². The quantitative estimate of drug-likeness (QED) is 0.665. The first-order valence-electron chi connectivity index (χ1n) is 3.90. The Balaban J connectivity index is 2.81. The molecule has 1 aromatic heterocycles. The summed E-state index contributed by atoms with van der Waals surface area (Å²) in [7, 11) is 0. The van der Waals surface area contributed by atoms with Gasteiger partial charge in [-0.1, -0.05) is 12.1 Å². The molecule has 0 saturated carbocycles. The number of fused-ring (bicyclic) bond motifs is 1. The topological polar surface area (TPSA) is 56.0 Å². The minimum absolute atomic E-state index is 0.459. The van der Waals surface area contributed by atoms with Crippen LogP contribution in [0, 0.1) is 0 Å². The Hall–Kier alpha value is -1.90. The molecular weight excluding hydrogens is 164 g/mol. The lowest BCUT2D eigenvalue weighted by atomic mass is 10.1. The fraction of sp³-hybridized carbons (Fsp3) is 0. The number of anilines is 1. The molecule has 0 spiro atoms. The average Bonchev–Trinajstić information content (AvgIpc) is 2.18. The summed E-state index contributed by atoms with van der Waals surface area (Å²) in [6, 6.07) is 7.22. The number of carbonyl (C=O) groups is 1. The molecular formula is C10H8N2O. The molecule has 13 heavy (non-hydrogen) atoms. The van der Waals surface area contributed by atoms with E-state index < -0.39 is 0 Å². The summed E-state index contributed by atoms with van der Waals surface area (Å²) in [4.78, 5) is 14.4. The molecule has 0 unspecified atom stereocenters. The third-order valence-electron chi connectivity index (χ3n) is 1.96. The van der Waals surface area contributed by atoms with Crippen molar-refractivity contribution in [3.8, 4) is 0 Å². The summed E-state index contributed by atoms with van der Waals surface area (Å²) in [5.41, 5.74) is 6.27. The third-order valence-corrected chi connectivity index (χ3v) is 1.96. The number of pyridine rings is 1. The monoisotopic (exact) mass is 172 g/mol. The van der Waals surface area contributed by atoms with Gasteiger partial charge in [-0.2, -0.15) is 0 Å². The average molecular weight is 172 g/mol. The van der Waals surface area contributed by atoms with Crippen molar-refractivity contribution < 1.29 is 4.79 Å². The Kier molecular flexibility index (Phi) is 1.70. The molecule has 3 heteroatoms. The van der Waals surface area contributed by atoms with Gasteiger partial charge in [0.2, 0.25) is 0 Å². The van der Waals surface area contributed by atoms with Crippen LogP contribution in [0.15, 0.2) is 30.5 Å². The van der Waals surface area contributed by atoms with Crippen LogP contribution in [0.4, 0.5) is 5.82 Å². The Morgan fingerprint density at radius 3 is 2.92 bits per heavy atom. The van der Waals surface area contributed by atoms with Crippen molar-refractivity contribution in [2.24, 2.45) is 0 Å². The zero-order valence-electron chi connectivity index (χ0n) is 6.90. The molecule has 64 valence electrons. The van der Waals surface area contributed by atoms with Crippen molar-refractivity contribution in [3.63, 3.8) is 0 Å². The van der Waals surface area contributed by atoms with Crippen LogP contribution in [0.3, 0.4) is 0 Å². The number of rotatable bonds is 1. The molecule has 0 bridgehead atoms. The lowest BCUT2D eigenvalue weighted by Crippen LogP contribution is -1.91. The standard InChI is InChI=1S/C10H8N2O/c11-10-9-5-7(6-13)1-2-8(9)3-4-12-10/h1-6H,(H2,11,12). The first-order chi connectivity index (χ1) is 6.31. The molecule has 0 amide bonds. The molecule has 0 aliphatic carbocycles. The summed E-state index contributed by atoms with van der Waals surface area (Å²) >= 11 is 0. The van der Waals surface area contributed by atoms with Gasteiger partial charge in [0.1, 0.15) is 12.1 Å². The van der Waals surface area contributed by atoms with E-state index in [0.29, 0.717) is 11.4 Å². The first kappa shape index (κ1) is 7.73. The summed E-state index contributed by atoms with van der Waals surface area (Å²) < 4.78 is 0. The number of hydrogen-bond donors (Lipinski definition) is 1. The fourth-order valence-corrected chi connectivity index (χ4v) is 1.28. The Labute approximate surface area is 75.2 Å². The summed E-state index contributed by atoms with van der Waals surface area (Å²) in [6.07, 6.45) is 2.45. The Bertz CT molecular complexity index is 465. The van der Waals surface area contributed by atoms with Crippen molar-refractivity contribution in [2.75, 3.05) is 5.73 Å². The van der Waals surface area contributed by atoms with Crippen molar-refractivity contribution in [1.29, 1.82) is 0 Å². The second-order valence-electron chi connectivity index (χ2n) is 2.79. The SMILES string of the molecule is Nc1nccc2ccc(C=O)cc12. The number of hydrogen-bond acceptors (Lipinski definition) is 3. The van der Waals surface area contributed by atoms with Crippen LogP contribution in [0.1, 0.15) is 10.4 Å². The van der Waals surface area contributed by atoms with E-state index in [0.717, 1.165) is 17.1 Å². The highest BCUT2D eigenvalue weighted by molar-refractivity contribution is 5.94. The number of nitrogens with two attached hydrogens (primary N) is 1. The maximum absolute atomic E-state index is 10.5. The van der Waals surface area contributed by atoms with Crippen molar-refractivity contribution in [3.05, 3.63) is 36.0 Å². The molecule has 0 aliphatic heterocycles. The smallest absolute Gasteiger partial charge is 0.150 e. The van der Waals surface area contributed by atoms with E-state index >= 15 is 0 Å². The van der Waals surface area contributed by atoms with Crippen LogP contribution < -0.4 is 5.73 Å². The summed E-state index contributed by atoms with van der Waals surface area (Å²) in [6.45, 7) is 0. The van der Waals surface area contributed by atoms with Crippen molar-refractivity contribution in [1.82, 2.24) is 4.98 Å². The van der Waals surface area contributed by atoms with Crippen LogP contribution in [0.2, 0.25) is 0 Å². The zero-order valence-corrected chi connectivity index (χ0v) is 6.90. The van der Waals surface area contributed by atoms with E-state index in [1.807, 2.05) is 12.1 Å². The fourth-order valence-electron chi connectivity index (χ4n) is 1.28. The van der Waals surface area contributed by atoms with Gasteiger partial charge in [-0.05, 0) is 17.5 Å². The van der Waals surface area contributed by atoms with Crippen LogP contribution in [0.5, 0.6) is 0 Å². The number of nitrogen functional groups attached to an aromatic ring is 1. The highest BCUT2D eigenvalue weighted by Crippen LogP contribution is 2.19. The van der Waals surface area contributed by atoms with E-state index in [4.69, 9.17) is 5.73 Å². The van der Waals surface area contributed by atoms with E-state index in [1.54, 1.807) is 18.3 Å². The Morgan fingerprint density at radius 1 is 1.31 bits per heavy atom. The maximum Gasteiger partial charge on any atom is 0.150 e. The molecule has 1 heterocycles. The van der Waals surface area contributed by atoms with Crippen molar-refractivity contribution >= 4 is 22.9 Å². The van der Waals surface area contributed by atoms with Gasteiger partial charge in [-0.25, -0.2) is 4.98 Å². The van der Waals surface area contributed by atoms with Gasteiger partial charge in [0.05, 0.1) is 0 Å². The lowest BCUT2D eigenvalue weighted by molar-refractivity contribution is 0.112. The summed E-state index contributed by atoms with van der Waals surface area (Å²) in [5.74, 6) is 0.459. The molecule has 2 rings (SSSR count). The highest BCUT2D eigenvalue weighted by atomic mass is 16.1. The van der Waals surface area contributed by atoms with Gasteiger partial charge in [-0.15, -0.1) is 0 Å². The number of benzene rings is 1. The Morgan fingerprint density at radius 2 is 2.15 bits per heavy atom. The second kappa shape index (κ2) is 2.86. The maximum atomic E-state index is 10.5. The van der Waals surface area contributed by atoms with Gasteiger partial charge in [0, 0.05) is 17.1 Å². The van der Waals surface area contributed by atoms with Gasteiger partial charge in [0.15, 0.2) is 0 Å². The lowest BCUT2D eigenvalue weighted by Gasteiger charge is -2.00. The molecule has 2 N–H and O–H groups in total. The van der Waals surface area contributed by atoms with Crippen LogP contribution in [-0.4, -0.2) is 11.3 Å². The first-order valence-corrected chi connectivity index (χ1v) is 3.90. The van der Waals surface area contributed by atoms with Gasteiger partial charge >= 0.3 is 0 Å². The van der Waals surface area contributed by atoms with E-state index in [9.17, 15) is 4.79 Å². The highest BCUT2D eigenvalue weighted by Gasteiger charge is 1.98. The third kappa shape index (κ3) is 1.24. The normalized spacial score (nSPS) is 10.2. The molecule has 2 aromatic rings. The second-order valence-corrected chi connectivity index (χ2v) is 2.79. The molecule has 0 atom stereocenters. The molecule has 0 fully saturated rings. The largest absolute Gasteiger partial charge is 0.383 e. The van der Waals surface area contributed by atoms with Crippen molar-refractivity contribution in [2.45, 2.75) is 0 Å². The number of nitrogens with zero attached hydrogens (tertiary/aromatic N) is 1. The van der Waals surface area contributed by atoms with Crippen LogP contribution in [-0.2, 0) is 0 Å². The van der Waals surface area contributed by atoms with Gasteiger partial charge < -0.3 is 5.73 Å². The predicted molar refractivity (Wildman–Crippen MR) is 51.5 cm³/mol. The minimum atomic E-state index is 0.459. The van der Waals surface area contributed by atoms with Gasteiger partial charge in [0.25, 0.3) is 0 Å². The van der Waals surface area contributed by atoms with E-state index in [1.165, 1.54) is 0 Å². The molecule has 0 radical (unpaired) electrons. The molecule has 1 aromatic carbocycles. The number of carbonyl (C=O) groups excluding carboxylic acids is 1. The molecule has 3 nitrogen and oxygen atoms in total. The molecule has 0 saturated heterocycles.